The predicted octanol–water partition coefficient (Wildman–Crippen LogP) is 3.21. The van der Waals surface area contributed by atoms with Gasteiger partial charge in [-0.05, 0) is 70.2 Å². The van der Waals surface area contributed by atoms with Gasteiger partial charge in [0.2, 0.25) is 0 Å². The van der Waals surface area contributed by atoms with E-state index in [1.54, 1.807) is 0 Å². The van der Waals surface area contributed by atoms with Crippen LogP contribution in [0.1, 0.15) is 54.6 Å². The number of hydrogen-bond donors (Lipinski definition) is 4. The normalized spacial score (nSPS) is 23.5. The lowest BCUT2D eigenvalue weighted by atomic mass is 9.93. The van der Waals surface area contributed by atoms with Crippen molar-refractivity contribution in [1.29, 1.82) is 0 Å². The number of carbonyl (C=O) groups excluding carboxylic acids is 1. The molecule has 1 saturated carbocycles. The van der Waals surface area contributed by atoms with Crippen molar-refractivity contribution >= 4 is 40.5 Å². The van der Waals surface area contributed by atoms with Crippen LogP contribution in [0.4, 0.5) is 23.0 Å². The summed E-state index contributed by atoms with van der Waals surface area (Å²) in [5.41, 5.74) is 8.83. The van der Waals surface area contributed by atoms with Crippen molar-refractivity contribution in [1.82, 2.24) is 19.8 Å². The summed E-state index contributed by atoms with van der Waals surface area (Å²) >= 11 is 6.39. The molecule has 39 heavy (non-hydrogen) atoms. The predicted molar refractivity (Wildman–Crippen MR) is 156 cm³/mol. The molecule has 0 unspecified atom stereocenters. The van der Waals surface area contributed by atoms with Crippen molar-refractivity contribution in [2.24, 2.45) is 5.73 Å². The molecule has 1 aromatic carbocycles. The minimum atomic E-state index is -0.697. The number of benzene rings is 1. The van der Waals surface area contributed by atoms with E-state index in [0.29, 0.717) is 11.9 Å². The summed E-state index contributed by atoms with van der Waals surface area (Å²) in [7, 11) is 2.20. The molecule has 212 valence electrons. The number of anilines is 4. The summed E-state index contributed by atoms with van der Waals surface area (Å²) in [5.74, 6) is -0.0183. The van der Waals surface area contributed by atoms with Crippen molar-refractivity contribution in [3.8, 4) is 0 Å². The van der Waals surface area contributed by atoms with E-state index in [9.17, 15) is 9.90 Å². The molecule has 3 heterocycles. The van der Waals surface area contributed by atoms with E-state index in [1.807, 2.05) is 6.07 Å². The quantitative estimate of drug-likeness (QED) is 0.407. The first-order valence-electron chi connectivity index (χ1n) is 14.1. The molecule has 11 heteroatoms. The molecule has 0 atom stereocenters. The number of nitrogens with one attached hydrogen (secondary N) is 2. The number of likely N-dealkylation sites (N-methyl/N-ethyl adjacent to an activating group) is 1. The van der Waals surface area contributed by atoms with Gasteiger partial charge in [0.05, 0.1) is 6.10 Å². The third-order valence-corrected chi connectivity index (χ3v) is 8.72. The van der Waals surface area contributed by atoms with Gasteiger partial charge in [0.25, 0.3) is 5.91 Å². The van der Waals surface area contributed by atoms with Gasteiger partial charge in [-0.15, -0.1) is 0 Å². The van der Waals surface area contributed by atoms with Crippen LogP contribution in [0.15, 0.2) is 18.2 Å². The first-order chi connectivity index (χ1) is 18.8. The van der Waals surface area contributed by atoms with Crippen LogP contribution in [0, 0.1) is 6.92 Å². The van der Waals surface area contributed by atoms with Crippen LogP contribution < -0.4 is 21.3 Å². The lowest BCUT2D eigenvalue weighted by molar-refractivity contribution is 0.0982. The minimum Gasteiger partial charge on any atom is -0.393 e. The van der Waals surface area contributed by atoms with Crippen LogP contribution in [-0.4, -0.2) is 95.3 Å². The zero-order valence-corrected chi connectivity index (χ0v) is 23.8. The molecule has 1 aromatic heterocycles. The lowest BCUT2D eigenvalue weighted by Gasteiger charge is -2.43. The number of aliphatic hydroxyl groups is 1. The fourth-order valence-corrected chi connectivity index (χ4v) is 6.18. The third kappa shape index (κ3) is 6.74. The molecule has 5 N–H and O–H groups in total. The number of piperazine rings is 1. The molecular formula is C28H41ClN8O2. The number of aryl methyl sites for hydroxylation is 1. The Morgan fingerprint density at radius 2 is 1.69 bits per heavy atom. The largest absolute Gasteiger partial charge is 0.393 e. The van der Waals surface area contributed by atoms with Crippen molar-refractivity contribution in [3.63, 3.8) is 0 Å². The van der Waals surface area contributed by atoms with E-state index in [2.05, 4.69) is 61.4 Å². The fraction of sp³-hybridized carbons (Fsp3) is 0.607. The van der Waals surface area contributed by atoms with Gasteiger partial charge in [-0.25, -0.2) is 9.97 Å². The number of nitrogens with zero attached hydrogens (tertiary/aromatic N) is 5. The second kappa shape index (κ2) is 12.2. The first-order valence-corrected chi connectivity index (χ1v) is 14.5. The number of aliphatic hydroxyl groups excluding tert-OH is 1. The second-order valence-corrected chi connectivity index (χ2v) is 11.6. The van der Waals surface area contributed by atoms with Crippen LogP contribution in [-0.2, 0) is 0 Å². The molecule has 1 amide bonds. The molecule has 2 aliphatic heterocycles. The molecule has 0 bridgehead atoms. The monoisotopic (exact) mass is 556 g/mol. The van der Waals surface area contributed by atoms with Crippen LogP contribution in [0.2, 0.25) is 5.15 Å². The number of halogens is 1. The molecule has 3 aliphatic rings. The highest BCUT2D eigenvalue weighted by atomic mass is 35.5. The maximum absolute atomic E-state index is 12.2. The van der Waals surface area contributed by atoms with Gasteiger partial charge in [0.15, 0.2) is 22.5 Å². The number of aromatic nitrogens is 2. The average Bonchev–Trinajstić information content (AvgIpc) is 2.93. The van der Waals surface area contributed by atoms with Gasteiger partial charge in [-0.2, -0.15) is 0 Å². The highest BCUT2D eigenvalue weighted by Crippen LogP contribution is 2.32. The Morgan fingerprint density at radius 1 is 1.00 bits per heavy atom. The molecule has 0 spiro atoms. The molecule has 1 aliphatic carbocycles. The van der Waals surface area contributed by atoms with E-state index >= 15 is 0 Å². The fourth-order valence-electron chi connectivity index (χ4n) is 6.00. The molecule has 3 fully saturated rings. The smallest absolute Gasteiger partial charge is 0.271 e. The standard InChI is InChI=1S/C28H41ClN8O2/c1-18-3-4-20(17-23(18)37-11-9-21(10-12-37)36-15-13-35(2)14-16-36)32-27-24(26(30)39)33-25(29)28(34-27)31-19-5-7-22(38)8-6-19/h3-4,17,19,21-22,38H,5-16H2,1-2H3,(H2,30,39)(H2,31,32,34). The Balaban J connectivity index is 1.30. The zero-order valence-electron chi connectivity index (χ0n) is 23.0. The number of rotatable bonds is 7. The summed E-state index contributed by atoms with van der Waals surface area (Å²) < 4.78 is 0. The summed E-state index contributed by atoms with van der Waals surface area (Å²) in [6, 6.07) is 6.96. The lowest BCUT2D eigenvalue weighted by Crippen LogP contribution is -2.52. The Kier molecular flexibility index (Phi) is 8.76. The topological polar surface area (TPSA) is 123 Å². The van der Waals surface area contributed by atoms with Gasteiger partial charge in [0, 0.05) is 62.7 Å². The van der Waals surface area contributed by atoms with Gasteiger partial charge >= 0.3 is 0 Å². The van der Waals surface area contributed by atoms with Gasteiger partial charge in [0.1, 0.15) is 0 Å². The number of primary amides is 1. The van der Waals surface area contributed by atoms with Gasteiger partial charge in [-0.3, -0.25) is 9.69 Å². The van der Waals surface area contributed by atoms with Gasteiger partial charge < -0.3 is 31.3 Å². The molecular weight excluding hydrogens is 516 g/mol. The average molecular weight is 557 g/mol. The first kappa shape index (κ1) is 27.9. The summed E-state index contributed by atoms with van der Waals surface area (Å²) in [4.78, 5) is 28.6. The number of nitrogens with two attached hydrogens (primary N) is 1. The van der Waals surface area contributed by atoms with Crippen molar-refractivity contribution in [2.45, 2.75) is 63.6 Å². The van der Waals surface area contributed by atoms with Gasteiger partial charge in [-0.1, -0.05) is 17.7 Å². The maximum Gasteiger partial charge on any atom is 0.271 e. The molecule has 2 saturated heterocycles. The van der Waals surface area contributed by atoms with E-state index < -0.39 is 5.91 Å². The third-order valence-electron chi connectivity index (χ3n) is 8.46. The molecule has 0 radical (unpaired) electrons. The Bertz CT molecular complexity index is 1160. The highest BCUT2D eigenvalue weighted by Gasteiger charge is 2.28. The SMILES string of the molecule is Cc1ccc(Nc2nc(NC3CCC(O)CC3)c(Cl)nc2C(N)=O)cc1N1CCC(N2CCN(C)CC2)CC1. The Labute approximate surface area is 235 Å². The highest BCUT2D eigenvalue weighted by molar-refractivity contribution is 6.32. The minimum absolute atomic E-state index is 0.000248. The van der Waals surface area contributed by atoms with Crippen molar-refractivity contribution in [2.75, 3.05) is 61.8 Å². The van der Waals surface area contributed by atoms with Crippen LogP contribution in [0.25, 0.3) is 0 Å². The van der Waals surface area contributed by atoms with Crippen molar-refractivity contribution in [3.05, 3.63) is 34.6 Å². The van der Waals surface area contributed by atoms with Crippen LogP contribution in [0.3, 0.4) is 0 Å². The Morgan fingerprint density at radius 3 is 2.36 bits per heavy atom. The Hall–Kier alpha value is -2.66. The molecule has 5 rings (SSSR count). The zero-order chi connectivity index (χ0) is 27.5. The number of piperidine rings is 1. The van der Waals surface area contributed by atoms with E-state index in [0.717, 1.165) is 83.5 Å². The molecule has 10 nitrogen and oxygen atoms in total. The second-order valence-electron chi connectivity index (χ2n) is 11.3. The van der Waals surface area contributed by atoms with Crippen molar-refractivity contribution < 1.29 is 9.90 Å². The number of carbonyl (C=O) groups is 1. The summed E-state index contributed by atoms with van der Waals surface area (Å²) in [6.45, 7) is 8.76. The maximum atomic E-state index is 12.2. The summed E-state index contributed by atoms with van der Waals surface area (Å²) in [5, 5.41) is 16.6. The van der Waals surface area contributed by atoms with Crippen LogP contribution >= 0.6 is 11.6 Å². The number of amides is 1. The number of hydrogen-bond acceptors (Lipinski definition) is 9. The summed E-state index contributed by atoms with van der Waals surface area (Å²) in [6.07, 6.45) is 5.13. The van der Waals surface area contributed by atoms with E-state index in [-0.39, 0.29) is 28.8 Å². The molecule has 2 aromatic rings. The van der Waals surface area contributed by atoms with E-state index in [1.165, 1.54) is 11.3 Å². The van der Waals surface area contributed by atoms with E-state index in [4.69, 9.17) is 17.3 Å². The van der Waals surface area contributed by atoms with Crippen LogP contribution in [0.5, 0.6) is 0 Å².